The number of amides is 1. The Bertz CT molecular complexity index is 826. The van der Waals surface area contributed by atoms with Crippen LogP contribution < -0.4 is 9.62 Å². The standard InChI is InChI=1S/C20H26N2O3S/c1-4-16-10-9-11-17(5-2)20(16)22(26(3,24)25)15-14-19(23)21-18-12-7-6-8-13-18/h6-13H,4-5,14-15H2,1-3H3,(H,21,23). The molecule has 6 heteroatoms. The van der Waals surface area contributed by atoms with Gasteiger partial charge in [-0.3, -0.25) is 9.10 Å². The number of aryl methyl sites for hydroxylation is 2. The number of hydrogen-bond acceptors (Lipinski definition) is 3. The molecule has 0 aromatic heterocycles. The lowest BCUT2D eigenvalue weighted by Gasteiger charge is -2.27. The number of sulfonamides is 1. The SMILES string of the molecule is CCc1cccc(CC)c1N(CCC(=O)Nc1ccccc1)S(C)(=O)=O. The topological polar surface area (TPSA) is 66.5 Å². The number of benzene rings is 2. The highest BCUT2D eigenvalue weighted by molar-refractivity contribution is 7.92. The third kappa shape index (κ3) is 5.08. The summed E-state index contributed by atoms with van der Waals surface area (Å²) in [6, 6.07) is 15.0. The summed E-state index contributed by atoms with van der Waals surface area (Å²) >= 11 is 0. The van der Waals surface area contributed by atoms with Gasteiger partial charge in [-0.15, -0.1) is 0 Å². The van der Waals surface area contributed by atoms with Gasteiger partial charge in [-0.2, -0.15) is 0 Å². The van der Waals surface area contributed by atoms with Gasteiger partial charge in [0.05, 0.1) is 11.9 Å². The number of nitrogens with one attached hydrogen (secondary N) is 1. The Morgan fingerprint density at radius 1 is 0.962 bits per heavy atom. The minimum Gasteiger partial charge on any atom is -0.326 e. The zero-order chi connectivity index (χ0) is 19.2. The van der Waals surface area contributed by atoms with Crippen molar-refractivity contribution in [3.8, 4) is 0 Å². The van der Waals surface area contributed by atoms with Crippen molar-refractivity contribution in [3.63, 3.8) is 0 Å². The van der Waals surface area contributed by atoms with Gasteiger partial charge in [-0.05, 0) is 36.1 Å². The van der Waals surface area contributed by atoms with E-state index in [4.69, 9.17) is 0 Å². The summed E-state index contributed by atoms with van der Waals surface area (Å²) in [4.78, 5) is 12.3. The molecule has 0 saturated heterocycles. The average Bonchev–Trinajstić information content (AvgIpc) is 2.61. The molecule has 2 aromatic carbocycles. The molecule has 0 radical (unpaired) electrons. The summed E-state index contributed by atoms with van der Waals surface area (Å²) in [7, 11) is -3.50. The van der Waals surface area contributed by atoms with Gasteiger partial charge >= 0.3 is 0 Å². The van der Waals surface area contributed by atoms with Crippen LogP contribution in [0, 0.1) is 0 Å². The van der Waals surface area contributed by atoms with E-state index < -0.39 is 10.0 Å². The molecule has 1 amide bonds. The highest BCUT2D eigenvalue weighted by Gasteiger charge is 2.23. The Hall–Kier alpha value is -2.34. The van der Waals surface area contributed by atoms with E-state index >= 15 is 0 Å². The Labute approximate surface area is 156 Å². The van der Waals surface area contributed by atoms with Crippen molar-refractivity contribution < 1.29 is 13.2 Å². The molecule has 0 atom stereocenters. The zero-order valence-corrected chi connectivity index (χ0v) is 16.3. The van der Waals surface area contributed by atoms with E-state index in [1.165, 1.54) is 10.6 Å². The molecule has 140 valence electrons. The first-order valence-corrected chi connectivity index (χ1v) is 10.6. The van der Waals surface area contributed by atoms with Crippen LogP contribution in [-0.2, 0) is 27.7 Å². The summed E-state index contributed by atoms with van der Waals surface area (Å²) in [6.07, 6.45) is 2.73. The smallest absolute Gasteiger partial charge is 0.232 e. The molecule has 26 heavy (non-hydrogen) atoms. The molecular weight excluding hydrogens is 348 g/mol. The van der Waals surface area contributed by atoms with Gasteiger partial charge in [-0.1, -0.05) is 50.2 Å². The zero-order valence-electron chi connectivity index (χ0n) is 15.5. The summed E-state index contributed by atoms with van der Waals surface area (Å²) in [5.74, 6) is -0.211. The quantitative estimate of drug-likeness (QED) is 0.768. The molecule has 0 aliphatic heterocycles. The van der Waals surface area contributed by atoms with Crippen LogP contribution >= 0.6 is 0 Å². The largest absolute Gasteiger partial charge is 0.326 e. The van der Waals surface area contributed by atoms with Gasteiger partial charge in [0, 0.05) is 18.7 Å². The predicted octanol–water partition coefficient (Wildman–Crippen LogP) is 3.61. The van der Waals surface area contributed by atoms with Crippen molar-refractivity contribution >= 4 is 27.3 Å². The first kappa shape index (κ1) is 20.0. The Balaban J connectivity index is 2.23. The van der Waals surface area contributed by atoms with Crippen LogP contribution in [0.2, 0.25) is 0 Å². The lowest BCUT2D eigenvalue weighted by Crippen LogP contribution is -2.34. The van der Waals surface area contributed by atoms with E-state index in [2.05, 4.69) is 5.32 Å². The van der Waals surface area contributed by atoms with Crippen molar-refractivity contribution in [2.45, 2.75) is 33.1 Å². The summed E-state index contributed by atoms with van der Waals surface area (Å²) in [5.41, 5.74) is 3.36. The van der Waals surface area contributed by atoms with Crippen LogP contribution in [0.25, 0.3) is 0 Å². The maximum absolute atomic E-state index is 12.4. The molecule has 0 aliphatic carbocycles. The van der Waals surface area contributed by atoms with Crippen molar-refractivity contribution in [2.75, 3.05) is 22.4 Å². The lowest BCUT2D eigenvalue weighted by atomic mass is 10.0. The molecule has 1 N–H and O–H groups in total. The fourth-order valence-corrected chi connectivity index (χ4v) is 3.92. The number of carbonyl (C=O) groups excluding carboxylic acids is 1. The van der Waals surface area contributed by atoms with Crippen LogP contribution in [0.5, 0.6) is 0 Å². The molecule has 2 aromatic rings. The number of carbonyl (C=O) groups is 1. The summed E-state index contributed by atoms with van der Waals surface area (Å²) in [5, 5.41) is 2.80. The van der Waals surface area contributed by atoms with Crippen molar-refractivity contribution in [1.82, 2.24) is 0 Å². The molecular formula is C20H26N2O3S. The van der Waals surface area contributed by atoms with Crippen molar-refractivity contribution in [1.29, 1.82) is 0 Å². The number of hydrogen-bond donors (Lipinski definition) is 1. The molecule has 0 fully saturated rings. The Morgan fingerprint density at radius 3 is 2.04 bits per heavy atom. The van der Waals surface area contributed by atoms with Gasteiger partial charge in [0.15, 0.2) is 0 Å². The summed E-state index contributed by atoms with van der Waals surface area (Å²) < 4.78 is 26.2. The van der Waals surface area contributed by atoms with Crippen molar-refractivity contribution in [2.24, 2.45) is 0 Å². The molecule has 0 saturated carbocycles. The molecule has 0 aliphatic rings. The number of anilines is 2. The molecule has 0 bridgehead atoms. The molecule has 0 spiro atoms. The van der Waals surface area contributed by atoms with E-state index in [9.17, 15) is 13.2 Å². The monoisotopic (exact) mass is 374 g/mol. The average molecular weight is 375 g/mol. The number of nitrogens with zero attached hydrogens (tertiary/aromatic N) is 1. The molecule has 2 rings (SSSR count). The van der Waals surface area contributed by atoms with Crippen LogP contribution in [0.1, 0.15) is 31.4 Å². The second-order valence-corrected chi connectivity index (χ2v) is 8.04. The fourth-order valence-electron chi connectivity index (χ4n) is 2.93. The van der Waals surface area contributed by atoms with Crippen LogP contribution in [-0.4, -0.2) is 27.1 Å². The fraction of sp³-hybridized carbons (Fsp3) is 0.350. The highest BCUT2D eigenvalue weighted by atomic mass is 32.2. The first-order chi connectivity index (χ1) is 12.4. The maximum atomic E-state index is 12.4. The molecule has 5 nitrogen and oxygen atoms in total. The predicted molar refractivity (Wildman–Crippen MR) is 107 cm³/mol. The van der Waals surface area contributed by atoms with Crippen molar-refractivity contribution in [3.05, 3.63) is 59.7 Å². The second-order valence-electron chi connectivity index (χ2n) is 6.13. The van der Waals surface area contributed by atoms with E-state index in [-0.39, 0.29) is 18.9 Å². The molecule has 0 heterocycles. The normalized spacial score (nSPS) is 11.2. The van der Waals surface area contributed by atoms with E-state index in [0.29, 0.717) is 11.4 Å². The van der Waals surface area contributed by atoms with Gasteiger partial charge in [0.1, 0.15) is 0 Å². The number of rotatable bonds is 8. The van der Waals surface area contributed by atoms with E-state index in [1.807, 2.05) is 50.2 Å². The van der Waals surface area contributed by atoms with Gasteiger partial charge < -0.3 is 5.32 Å². The Morgan fingerprint density at radius 2 is 1.54 bits per heavy atom. The maximum Gasteiger partial charge on any atom is 0.232 e. The minimum absolute atomic E-state index is 0.0865. The van der Waals surface area contributed by atoms with Gasteiger partial charge in [0.25, 0.3) is 0 Å². The van der Waals surface area contributed by atoms with Crippen LogP contribution in [0.4, 0.5) is 11.4 Å². The second kappa shape index (κ2) is 8.85. The lowest BCUT2D eigenvalue weighted by molar-refractivity contribution is -0.116. The third-order valence-electron chi connectivity index (χ3n) is 4.21. The summed E-state index contributed by atoms with van der Waals surface area (Å²) in [6.45, 7) is 4.11. The van der Waals surface area contributed by atoms with Crippen LogP contribution in [0.3, 0.4) is 0 Å². The van der Waals surface area contributed by atoms with Gasteiger partial charge in [-0.25, -0.2) is 8.42 Å². The number of para-hydroxylation sites is 2. The minimum atomic E-state index is -3.50. The molecule has 0 unspecified atom stereocenters. The van der Waals surface area contributed by atoms with E-state index in [1.54, 1.807) is 12.1 Å². The highest BCUT2D eigenvalue weighted by Crippen LogP contribution is 2.29. The van der Waals surface area contributed by atoms with Gasteiger partial charge in [0.2, 0.25) is 15.9 Å². The van der Waals surface area contributed by atoms with E-state index in [0.717, 1.165) is 24.0 Å². The third-order valence-corrected chi connectivity index (χ3v) is 5.38. The van der Waals surface area contributed by atoms with Crippen LogP contribution in [0.15, 0.2) is 48.5 Å². The Kier molecular flexibility index (Phi) is 6.80. The first-order valence-electron chi connectivity index (χ1n) is 8.80.